The fourth-order valence-electron chi connectivity index (χ4n) is 2.86. The molecule has 0 heterocycles. The van der Waals surface area contributed by atoms with Crippen LogP contribution in [-0.2, 0) is 4.79 Å². The number of urea groups is 1. The summed E-state index contributed by atoms with van der Waals surface area (Å²) in [5.74, 6) is 0.310. The SMILES string of the molecule is CC1CCC(NC(=O)N(CCC(=O)O)C2CC2)C1C. The molecule has 2 saturated carbocycles. The van der Waals surface area contributed by atoms with Crippen LogP contribution in [0.3, 0.4) is 0 Å². The van der Waals surface area contributed by atoms with Gasteiger partial charge in [-0.05, 0) is 37.5 Å². The maximum Gasteiger partial charge on any atom is 0.317 e. The molecule has 3 unspecified atom stereocenters. The third-order valence-corrected chi connectivity index (χ3v) is 4.59. The first-order valence-electron chi connectivity index (χ1n) is 7.28. The van der Waals surface area contributed by atoms with Crippen molar-refractivity contribution in [1.29, 1.82) is 0 Å². The lowest BCUT2D eigenvalue weighted by molar-refractivity contribution is -0.137. The first-order chi connectivity index (χ1) is 8.99. The Bertz CT molecular complexity index is 355. The smallest absolute Gasteiger partial charge is 0.317 e. The van der Waals surface area contributed by atoms with Crippen LogP contribution in [0.15, 0.2) is 0 Å². The molecule has 2 aliphatic carbocycles. The molecular weight excluding hydrogens is 244 g/mol. The Hall–Kier alpha value is -1.26. The summed E-state index contributed by atoms with van der Waals surface area (Å²) in [4.78, 5) is 24.6. The summed E-state index contributed by atoms with van der Waals surface area (Å²) < 4.78 is 0. The number of nitrogens with zero attached hydrogens (tertiary/aromatic N) is 1. The zero-order chi connectivity index (χ0) is 14.0. The van der Waals surface area contributed by atoms with Gasteiger partial charge < -0.3 is 15.3 Å². The van der Waals surface area contributed by atoms with Gasteiger partial charge in [0.1, 0.15) is 0 Å². The first-order valence-corrected chi connectivity index (χ1v) is 7.28. The van der Waals surface area contributed by atoms with E-state index in [0.717, 1.165) is 25.7 Å². The van der Waals surface area contributed by atoms with Gasteiger partial charge in [0.2, 0.25) is 0 Å². The fourth-order valence-corrected chi connectivity index (χ4v) is 2.86. The van der Waals surface area contributed by atoms with Gasteiger partial charge in [0.05, 0.1) is 6.42 Å². The number of hydrogen-bond donors (Lipinski definition) is 2. The number of carboxylic acid groups (broad SMARTS) is 1. The van der Waals surface area contributed by atoms with E-state index in [4.69, 9.17) is 5.11 Å². The predicted molar refractivity (Wildman–Crippen MR) is 71.9 cm³/mol. The number of rotatable bonds is 5. The lowest BCUT2D eigenvalue weighted by Crippen LogP contribution is -2.47. The molecule has 3 atom stereocenters. The van der Waals surface area contributed by atoms with Crippen LogP contribution < -0.4 is 5.32 Å². The van der Waals surface area contributed by atoms with Gasteiger partial charge in [0.15, 0.2) is 0 Å². The first kappa shape index (κ1) is 14.2. The Morgan fingerprint density at radius 1 is 1.21 bits per heavy atom. The van der Waals surface area contributed by atoms with E-state index in [1.165, 1.54) is 0 Å². The average Bonchev–Trinajstić information content (AvgIpc) is 3.12. The van der Waals surface area contributed by atoms with E-state index in [-0.39, 0.29) is 24.5 Å². The molecule has 2 N–H and O–H groups in total. The predicted octanol–water partition coefficient (Wildman–Crippen LogP) is 2.07. The lowest BCUT2D eigenvalue weighted by Gasteiger charge is -2.26. The average molecular weight is 268 g/mol. The lowest BCUT2D eigenvalue weighted by atomic mass is 9.98. The molecule has 2 fully saturated rings. The number of amides is 2. The van der Waals surface area contributed by atoms with Crippen LogP contribution in [0, 0.1) is 11.8 Å². The molecule has 0 aromatic rings. The fraction of sp³-hybridized carbons (Fsp3) is 0.857. The molecule has 0 bridgehead atoms. The Balaban J connectivity index is 1.87. The topological polar surface area (TPSA) is 69.6 Å². The number of aliphatic carboxylic acids is 1. The standard InChI is InChI=1S/C14H24N2O3/c1-9-3-6-12(10(9)2)15-14(19)16(11-4-5-11)8-7-13(17)18/h9-12H,3-8H2,1-2H3,(H,15,19)(H,17,18). The number of hydrogen-bond acceptors (Lipinski definition) is 2. The third kappa shape index (κ3) is 3.61. The normalized spacial score (nSPS) is 30.1. The van der Waals surface area contributed by atoms with Gasteiger partial charge in [-0.2, -0.15) is 0 Å². The van der Waals surface area contributed by atoms with E-state index in [9.17, 15) is 9.59 Å². The molecule has 0 spiro atoms. The number of carbonyl (C=O) groups is 2. The van der Waals surface area contributed by atoms with Gasteiger partial charge in [0, 0.05) is 18.6 Å². The number of carbonyl (C=O) groups excluding carboxylic acids is 1. The van der Waals surface area contributed by atoms with Gasteiger partial charge in [-0.1, -0.05) is 13.8 Å². The van der Waals surface area contributed by atoms with Crippen molar-refractivity contribution in [3.63, 3.8) is 0 Å². The van der Waals surface area contributed by atoms with E-state index in [1.807, 2.05) is 0 Å². The van der Waals surface area contributed by atoms with Crippen LogP contribution in [-0.4, -0.2) is 40.6 Å². The van der Waals surface area contributed by atoms with Crippen molar-refractivity contribution in [2.45, 2.75) is 58.0 Å². The molecule has 0 aromatic heterocycles. The summed E-state index contributed by atoms with van der Waals surface area (Å²) in [6.07, 6.45) is 4.23. The Kier molecular flexibility index (Phi) is 4.32. The van der Waals surface area contributed by atoms with Crippen LogP contribution in [0.2, 0.25) is 0 Å². The van der Waals surface area contributed by atoms with Crippen LogP contribution in [0.25, 0.3) is 0 Å². The van der Waals surface area contributed by atoms with Gasteiger partial charge >= 0.3 is 12.0 Å². The summed E-state index contributed by atoms with van der Waals surface area (Å²) in [7, 11) is 0. The summed E-state index contributed by atoms with van der Waals surface area (Å²) in [5, 5.41) is 11.8. The second kappa shape index (κ2) is 5.80. The zero-order valence-electron chi connectivity index (χ0n) is 11.8. The number of carboxylic acids is 1. The van der Waals surface area contributed by atoms with Gasteiger partial charge in [-0.25, -0.2) is 4.79 Å². The Morgan fingerprint density at radius 2 is 1.89 bits per heavy atom. The van der Waals surface area contributed by atoms with Crippen LogP contribution in [0.1, 0.15) is 46.0 Å². The van der Waals surface area contributed by atoms with Gasteiger partial charge in [0.25, 0.3) is 0 Å². The minimum Gasteiger partial charge on any atom is -0.481 e. The number of nitrogens with one attached hydrogen (secondary N) is 1. The zero-order valence-corrected chi connectivity index (χ0v) is 11.8. The molecule has 5 heteroatoms. The molecule has 108 valence electrons. The summed E-state index contributed by atoms with van der Waals surface area (Å²) >= 11 is 0. The van der Waals surface area contributed by atoms with Crippen molar-refractivity contribution in [2.75, 3.05) is 6.54 Å². The second-order valence-electron chi connectivity index (χ2n) is 6.04. The molecule has 2 aliphatic rings. The van der Waals surface area contributed by atoms with Crippen molar-refractivity contribution in [2.24, 2.45) is 11.8 Å². The van der Waals surface area contributed by atoms with Crippen LogP contribution >= 0.6 is 0 Å². The minimum atomic E-state index is -0.846. The monoisotopic (exact) mass is 268 g/mol. The summed E-state index contributed by atoms with van der Waals surface area (Å²) in [5.41, 5.74) is 0. The highest BCUT2D eigenvalue weighted by atomic mass is 16.4. The van der Waals surface area contributed by atoms with E-state index in [1.54, 1.807) is 4.90 Å². The van der Waals surface area contributed by atoms with Gasteiger partial charge in [-0.3, -0.25) is 4.79 Å². The van der Waals surface area contributed by atoms with Crippen molar-refractivity contribution < 1.29 is 14.7 Å². The highest BCUT2D eigenvalue weighted by Crippen LogP contribution is 2.32. The second-order valence-corrected chi connectivity index (χ2v) is 6.04. The molecule has 2 rings (SSSR count). The van der Waals surface area contributed by atoms with E-state index < -0.39 is 5.97 Å². The molecular formula is C14H24N2O3. The van der Waals surface area contributed by atoms with Crippen molar-refractivity contribution in [3.05, 3.63) is 0 Å². The highest BCUT2D eigenvalue weighted by Gasteiger charge is 2.36. The quantitative estimate of drug-likeness (QED) is 0.802. The van der Waals surface area contributed by atoms with Gasteiger partial charge in [-0.15, -0.1) is 0 Å². The maximum absolute atomic E-state index is 12.3. The molecule has 5 nitrogen and oxygen atoms in total. The molecule has 0 saturated heterocycles. The molecule has 2 amide bonds. The maximum atomic E-state index is 12.3. The molecule has 0 radical (unpaired) electrons. The highest BCUT2D eigenvalue weighted by molar-refractivity contribution is 5.76. The molecule has 19 heavy (non-hydrogen) atoms. The van der Waals surface area contributed by atoms with E-state index in [0.29, 0.717) is 18.4 Å². The van der Waals surface area contributed by atoms with E-state index in [2.05, 4.69) is 19.2 Å². The Labute approximate surface area is 114 Å². The molecule has 0 aliphatic heterocycles. The van der Waals surface area contributed by atoms with Crippen LogP contribution in [0.4, 0.5) is 4.79 Å². The summed E-state index contributed by atoms with van der Waals surface area (Å²) in [6.45, 7) is 4.73. The van der Waals surface area contributed by atoms with Crippen molar-refractivity contribution in [1.82, 2.24) is 10.2 Å². The van der Waals surface area contributed by atoms with Crippen LogP contribution in [0.5, 0.6) is 0 Å². The largest absolute Gasteiger partial charge is 0.481 e. The summed E-state index contributed by atoms with van der Waals surface area (Å²) in [6, 6.07) is 0.428. The van der Waals surface area contributed by atoms with Crippen molar-refractivity contribution in [3.8, 4) is 0 Å². The minimum absolute atomic E-state index is 0.0283. The third-order valence-electron chi connectivity index (χ3n) is 4.59. The Morgan fingerprint density at radius 3 is 2.37 bits per heavy atom. The van der Waals surface area contributed by atoms with E-state index >= 15 is 0 Å². The van der Waals surface area contributed by atoms with Crippen molar-refractivity contribution >= 4 is 12.0 Å². The molecule has 0 aromatic carbocycles.